The zero-order valence-corrected chi connectivity index (χ0v) is 13.2. The Bertz CT molecular complexity index is 461. The Kier molecular flexibility index (Phi) is 5.18. The van der Waals surface area contributed by atoms with Crippen molar-refractivity contribution >= 4 is 21.8 Å². The molecule has 1 saturated heterocycles. The van der Waals surface area contributed by atoms with E-state index in [2.05, 4.69) is 20.8 Å². The van der Waals surface area contributed by atoms with Gasteiger partial charge < -0.3 is 10.8 Å². The number of rotatable bonds is 4. The highest BCUT2D eigenvalue weighted by Crippen LogP contribution is 2.29. The van der Waals surface area contributed by atoms with Crippen molar-refractivity contribution in [2.24, 2.45) is 11.7 Å². The van der Waals surface area contributed by atoms with Crippen LogP contribution >= 0.6 is 15.9 Å². The van der Waals surface area contributed by atoms with Crippen LogP contribution in [0.15, 0.2) is 28.7 Å². The molecule has 1 aromatic carbocycles. The second-order valence-corrected chi connectivity index (χ2v) is 6.41. The SMILES string of the molecule is CC(O)C1CCCN(C(C(N)=O)c2ccc(Br)cc2)C1. The monoisotopic (exact) mass is 340 g/mol. The summed E-state index contributed by atoms with van der Waals surface area (Å²) < 4.78 is 0.977. The van der Waals surface area contributed by atoms with E-state index >= 15 is 0 Å². The Morgan fingerprint density at radius 1 is 1.45 bits per heavy atom. The van der Waals surface area contributed by atoms with Crippen molar-refractivity contribution in [3.05, 3.63) is 34.3 Å². The van der Waals surface area contributed by atoms with Crippen LogP contribution in [0.2, 0.25) is 0 Å². The highest BCUT2D eigenvalue weighted by atomic mass is 79.9. The normalized spacial score (nSPS) is 23.2. The molecule has 1 fully saturated rings. The maximum absolute atomic E-state index is 11.9. The van der Waals surface area contributed by atoms with E-state index in [1.807, 2.05) is 31.2 Å². The van der Waals surface area contributed by atoms with Gasteiger partial charge >= 0.3 is 0 Å². The van der Waals surface area contributed by atoms with Gasteiger partial charge in [0.1, 0.15) is 6.04 Å². The lowest BCUT2D eigenvalue weighted by Gasteiger charge is -2.38. The fourth-order valence-corrected chi connectivity index (χ4v) is 3.13. The molecular formula is C15H21BrN2O2. The highest BCUT2D eigenvalue weighted by molar-refractivity contribution is 9.10. The van der Waals surface area contributed by atoms with Crippen LogP contribution in [0.4, 0.5) is 0 Å². The van der Waals surface area contributed by atoms with E-state index < -0.39 is 6.04 Å². The van der Waals surface area contributed by atoms with Crippen LogP contribution in [-0.4, -0.2) is 35.1 Å². The minimum absolute atomic E-state index is 0.209. The minimum atomic E-state index is -0.412. The summed E-state index contributed by atoms with van der Waals surface area (Å²) in [5, 5.41) is 9.77. The molecule has 0 radical (unpaired) electrons. The topological polar surface area (TPSA) is 66.6 Å². The first-order valence-corrected chi connectivity index (χ1v) is 7.75. The number of halogens is 1. The van der Waals surface area contributed by atoms with Crippen LogP contribution in [-0.2, 0) is 4.79 Å². The molecule has 1 aliphatic rings. The maximum atomic E-state index is 11.9. The third-order valence-electron chi connectivity index (χ3n) is 3.99. The van der Waals surface area contributed by atoms with Crippen molar-refractivity contribution in [1.82, 2.24) is 4.90 Å². The van der Waals surface area contributed by atoms with Crippen LogP contribution in [0.5, 0.6) is 0 Å². The molecule has 0 saturated carbocycles. The quantitative estimate of drug-likeness (QED) is 0.881. The molecule has 3 atom stereocenters. The van der Waals surface area contributed by atoms with Gasteiger partial charge in [-0.1, -0.05) is 28.1 Å². The molecule has 1 amide bonds. The number of likely N-dealkylation sites (tertiary alicyclic amines) is 1. The Hall–Kier alpha value is -0.910. The number of aliphatic hydroxyl groups is 1. The fourth-order valence-electron chi connectivity index (χ4n) is 2.87. The number of piperidine rings is 1. The lowest BCUT2D eigenvalue weighted by atomic mass is 9.91. The zero-order chi connectivity index (χ0) is 14.7. The molecule has 0 bridgehead atoms. The molecule has 3 N–H and O–H groups in total. The van der Waals surface area contributed by atoms with Crippen molar-refractivity contribution in [1.29, 1.82) is 0 Å². The molecule has 0 aliphatic carbocycles. The molecule has 2 rings (SSSR count). The Morgan fingerprint density at radius 2 is 2.10 bits per heavy atom. The van der Waals surface area contributed by atoms with E-state index in [0.29, 0.717) is 6.54 Å². The average molecular weight is 341 g/mol. The van der Waals surface area contributed by atoms with Gasteiger partial charge in [-0.3, -0.25) is 9.69 Å². The molecular weight excluding hydrogens is 320 g/mol. The van der Waals surface area contributed by atoms with E-state index in [0.717, 1.165) is 29.4 Å². The van der Waals surface area contributed by atoms with Gasteiger partial charge in [-0.2, -0.15) is 0 Å². The summed E-state index contributed by atoms with van der Waals surface area (Å²) >= 11 is 3.39. The lowest BCUT2D eigenvalue weighted by Crippen LogP contribution is -2.45. The Balaban J connectivity index is 2.20. The molecule has 3 unspecified atom stereocenters. The second-order valence-electron chi connectivity index (χ2n) is 5.49. The van der Waals surface area contributed by atoms with Crippen molar-refractivity contribution in [3.63, 3.8) is 0 Å². The van der Waals surface area contributed by atoms with Crippen LogP contribution in [0.25, 0.3) is 0 Å². The third kappa shape index (κ3) is 3.59. The summed E-state index contributed by atoms with van der Waals surface area (Å²) in [5.74, 6) is -0.125. The van der Waals surface area contributed by atoms with Gasteiger partial charge in [-0.15, -0.1) is 0 Å². The van der Waals surface area contributed by atoms with Gasteiger partial charge in [0.15, 0.2) is 0 Å². The van der Waals surface area contributed by atoms with E-state index in [4.69, 9.17) is 5.73 Å². The average Bonchev–Trinajstić information content (AvgIpc) is 2.41. The summed E-state index contributed by atoms with van der Waals surface area (Å²) in [6.07, 6.45) is 1.63. The fraction of sp³-hybridized carbons (Fsp3) is 0.533. The molecule has 5 heteroatoms. The number of nitrogens with two attached hydrogens (primary N) is 1. The minimum Gasteiger partial charge on any atom is -0.393 e. The first kappa shape index (κ1) is 15.5. The number of primary amides is 1. The van der Waals surface area contributed by atoms with Crippen molar-refractivity contribution in [2.75, 3.05) is 13.1 Å². The Labute approximate surface area is 128 Å². The molecule has 0 spiro atoms. The van der Waals surface area contributed by atoms with Gasteiger partial charge in [0.05, 0.1) is 6.10 Å². The molecule has 4 nitrogen and oxygen atoms in total. The van der Waals surface area contributed by atoms with E-state index in [1.165, 1.54) is 0 Å². The highest BCUT2D eigenvalue weighted by Gasteiger charge is 2.31. The first-order chi connectivity index (χ1) is 9.49. The van der Waals surface area contributed by atoms with Crippen LogP contribution in [0.3, 0.4) is 0 Å². The maximum Gasteiger partial charge on any atom is 0.239 e. The number of carbonyl (C=O) groups is 1. The van der Waals surface area contributed by atoms with E-state index in [9.17, 15) is 9.90 Å². The number of carbonyl (C=O) groups excluding carboxylic acids is 1. The van der Waals surface area contributed by atoms with Crippen molar-refractivity contribution in [3.8, 4) is 0 Å². The van der Waals surface area contributed by atoms with Gasteiger partial charge in [-0.25, -0.2) is 0 Å². The summed E-state index contributed by atoms with van der Waals surface area (Å²) in [4.78, 5) is 14.0. The number of nitrogens with zero attached hydrogens (tertiary/aromatic N) is 1. The number of hydrogen-bond acceptors (Lipinski definition) is 3. The zero-order valence-electron chi connectivity index (χ0n) is 11.6. The lowest BCUT2D eigenvalue weighted by molar-refractivity contribution is -0.124. The Morgan fingerprint density at radius 3 is 2.65 bits per heavy atom. The van der Waals surface area contributed by atoms with Crippen LogP contribution < -0.4 is 5.73 Å². The van der Waals surface area contributed by atoms with Crippen molar-refractivity contribution in [2.45, 2.75) is 31.9 Å². The summed E-state index contributed by atoms with van der Waals surface area (Å²) in [5.41, 5.74) is 6.51. The smallest absolute Gasteiger partial charge is 0.239 e. The van der Waals surface area contributed by atoms with Crippen LogP contribution in [0.1, 0.15) is 31.4 Å². The number of amides is 1. The predicted octanol–water partition coefficient (Wildman–Crippen LogP) is 2.07. The van der Waals surface area contributed by atoms with E-state index in [1.54, 1.807) is 0 Å². The second kappa shape index (κ2) is 6.70. The van der Waals surface area contributed by atoms with E-state index in [-0.39, 0.29) is 17.9 Å². The summed E-state index contributed by atoms with van der Waals surface area (Å²) in [6, 6.07) is 7.27. The van der Waals surface area contributed by atoms with Gasteiger partial charge in [0.2, 0.25) is 5.91 Å². The molecule has 20 heavy (non-hydrogen) atoms. The number of aliphatic hydroxyl groups excluding tert-OH is 1. The summed E-state index contributed by atoms with van der Waals surface area (Å²) in [7, 11) is 0. The predicted molar refractivity (Wildman–Crippen MR) is 82.1 cm³/mol. The summed E-state index contributed by atoms with van der Waals surface area (Å²) in [6.45, 7) is 3.36. The number of benzene rings is 1. The van der Waals surface area contributed by atoms with Gasteiger partial charge in [0.25, 0.3) is 0 Å². The van der Waals surface area contributed by atoms with Gasteiger partial charge in [-0.05, 0) is 49.9 Å². The molecule has 0 aromatic heterocycles. The molecule has 1 heterocycles. The third-order valence-corrected chi connectivity index (χ3v) is 4.52. The van der Waals surface area contributed by atoms with Crippen molar-refractivity contribution < 1.29 is 9.90 Å². The standard InChI is InChI=1S/C15H21BrN2O2/c1-10(19)12-3-2-8-18(9-12)14(15(17)20)11-4-6-13(16)7-5-11/h4-7,10,12,14,19H,2-3,8-9H2,1H3,(H2,17,20). The first-order valence-electron chi connectivity index (χ1n) is 6.96. The number of hydrogen-bond donors (Lipinski definition) is 2. The molecule has 110 valence electrons. The largest absolute Gasteiger partial charge is 0.393 e. The van der Waals surface area contributed by atoms with Gasteiger partial charge in [0, 0.05) is 11.0 Å². The van der Waals surface area contributed by atoms with Crippen LogP contribution in [0, 0.1) is 5.92 Å². The molecule has 1 aromatic rings. The molecule has 1 aliphatic heterocycles.